The highest BCUT2D eigenvalue weighted by Gasteiger charge is 2.16. The lowest BCUT2D eigenvalue weighted by Crippen LogP contribution is -2.22. The lowest BCUT2D eigenvalue weighted by Gasteiger charge is -2.07. The van der Waals surface area contributed by atoms with Crippen molar-refractivity contribution in [2.45, 2.75) is 20.3 Å². The molecule has 0 aliphatic heterocycles. The normalized spacial score (nSPS) is 10.8. The molecule has 1 aromatic carbocycles. The molecule has 0 bridgehead atoms. The number of H-pyrrole nitrogens is 1. The number of nitriles is 1. The minimum absolute atomic E-state index is 0.202. The van der Waals surface area contributed by atoms with Crippen LogP contribution in [0.4, 0.5) is 0 Å². The molecule has 0 radical (unpaired) electrons. The van der Waals surface area contributed by atoms with E-state index in [1.54, 1.807) is 19.9 Å². The number of aromatic nitrogens is 3. The third-order valence-electron chi connectivity index (χ3n) is 3.70. The van der Waals surface area contributed by atoms with E-state index in [-0.39, 0.29) is 5.56 Å². The average molecular weight is 313 g/mol. The van der Waals surface area contributed by atoms with Crippen molar-refractivity contribution in [1.82, 2.24) is 14.6 Å². The van der Waals surface area contributed by atoms with E-state index in [0.717, 1.165) is 5.56 Å². The highest BCUT2D eigenvalue weighted by atomic mass is 35.5. The van der Waals surface area contributed by atoms with Crippen LogP contribution < -0.4 is 5.56 Å². The van der Waals surface area contributed by atoms with Gasteiger partial charge in [0.1, 0.15) is 11.6 Å². The number of hydrogen-bond acceptors (Lipinski definition) is 3. The maximum atomic E-state index is 12.7. The second kappa shape index (κ2) is 5.32. The van der Waals surface area contributed by atoms with Gasteiger partial charge in [0.15, 0.2) is 5.65 Å². The van der Waals surface area contributed by atoms with E-state index in [9.17, 15) is 10.1 Å². The molecule has 2 aromatic heterocycles. The van der Waals surface area contributed by atoms with Crippen molar-refractivity contribution in [3.05, 3.63) is 67.7 Å². The smallest absolute Gasteiger partial charge is 0.276 e. The highest BCUT2D eigenvalue weighted by molar-refractivity contribution is 6.31. The van der Waals surface area contributed by atoms with Crippen LogP contribution in [0.5, 0.6) is 0 Å². The van der Waals surface area contributed by atoms with Gasteiger partial charge in [-0.25, -0.2) is 4.98 Å². The molecule has 6 heteroatoms. The molecular formula is C16H13ClN4O. The fraction of sp³-hybridized carbons (Fsp3) is 0.188. The van der Waals surface area contributed by atoms with Crippen LogP contribution >= 0.6 is 11.6 Å². The quantitative estimate of drug-likeness (QED) is 0.790. The van der Waals surface area contributed by atoms with Gasteiger partial charge in [-0.3, -0.25) is 9.89 Å². The molecule has 0 aliphatic carbocycles. The minimum Gasteiger partial charge on any atom is -0.293 e. The molecule has 2 heterocycles. The zero-order chi connectivity index (χ0) is 15.9. The lowest BCUT2D eigenvalue weighted by atomic mass is 10.1. The van der Waals surface area contributed by atoms with Crippen LogP contribution in [0, 0.1) is 25.2 Å². The second-order valence-electron chi connectivity index (χ2n) is 5.13. The molecule has 110 valence electrons. The Morgan fingerprint density at radius 1 is 1.36 bits per heavy atom. The van der Waals surface area contributed by atoms with E-state index in [2.05, 4.69) is 16.2 Å². The summed E-state index contributed by atoms with van der Waals surface area (Å²) in [5, 5.41) is 12.7. The average Bonchev–Trinajstić information content (AvgIpc) is 2.81. The van der Waals surface area contributed by atoms with Crippen LogP contribution in [0.15, 0.2) is 29.1 Å². The van der Waals surface area contributed by atoms with Crippen LogP contribution in [0.25, 0.3) is 5.65 Å². The standard InChI is InChI=1S/C16H13ClN4O/c1-9-12(7-11-5-3-4-6-14(11)17)16(22)21-15(19-9)13(8-18)10(2)20-21/h3-6,20H,7H2,1-2H3. The molecule has 0 aliphatic rings. The Hall–Kier alpha value is -2.58. The van der Waals surface area contributed by atoms with Gasteiger partial charge in [-0.2, -0.15) is 9.78 Å². The Morgan fingerprint density at radius 2 is 2.09 bits per heavy atom. The van der Waals surface area contributed by atoms with E-state index >= 15 is 0 Å². The first kappa shape index (κ1) is 14.4. The molecule has 0 spiro atoms. The van der Waals surface area contributed by atoms with Crippen LogP contribution in [-0.2, 0) is 6.42 Å². The van der Waals surface area contributed by atoms with E-state index < -0.39 is 0 Å². The molecule has 0 saturated carbocycles. The summed E-state index contributed by atoms with van der Waals surface area (Å²) in [7, 11) is 0. The predicted octanol–water partition coefficient (Wildman–Crippen LogP) is 2.76. The van der Waals surface area contributed by atoms with Crippen molar-refractivity contribution in [1.29, 1.82) is 5.26 Å². The number of aromatic amines is 1. The van der Waals surface area contributed by atoms with Crippen LogP contribution in [-0.4, -0.2) is 14.6 Å². The first-order valence-corrected chi connectivity index (χ1v) is 7.15. The maximum Gasteiger partial charge on any atom is 0.276 e. The molecule has 0 unspecified atom stereocenters. The number of hydrogen-bond donors (Lipinski definition) is 1. The van der Waals surface area contributed by atoms with Gasteiger partial charge in [-0.05, 0) is 25.5 Å². The van der Waals surface area contributed by atoms with Gasteiger partial charge in [0.25, 0.3) is 5.56 Å². The van der Waals surface area contributed by atoms with Gasteiger partial charge in [0, 0.05) is 22.7 Å². The predicted molar refractivity (Wildman–Crippen MR) is 84.3 cm³/mol. The highest BCUT2D eigenvalue weighted by Crippen LogP contribution is 2.19. The number of nitrogens with one attached hydrogen (secondary N) is 1. The summed E-state index contributed by atoms with van der Waals surface area (Å²) in [6, 6.07) is 9.49. The Labute approximate surface area is 131 Å². The molecule has 22 heavy (non-hydrogen) atoms. The third-order valence-corrected chi connectivity index (χ3v) is 4.07. The fourth-order valence-corrected chi connectivity index (χ4v) is 2.70. The summed E-state index contributed by atoms with van der Waals surface area (Å²) >= 11 is 6.17. The number of nitrogens with zero attached hydrogens (tertiary/aromatic N) is 3. The van der Waals surface area contributed by atoms with Gasteiger partial charge in [-0.1, -0.05) is 29.8 Å². The molecule has 0 saturated heterocycles. The Balaban J connectivity index is 2.22. The summed E-state index contributed by atoms with van der Waals surface area (Å²) in [6.07, 6.45) is 0.403. The Bertz CT molecular complexity index is 978. The molecule has 3 rings (SSSR count). The minimum atomic E-state index is -0.202. The van der Waals surface area contributed by atoms with E-state index in [1.165, 1.54) is 4.52 Å². The summed E-state index contributed by atoms with van der Waals surface area (Å²) in [4.78, 5) is 17.1. The molecule has 5 nitrogen and oxygen atoms in total. The molecule has 0 atom stereocenters. The number of rotatable bonds is 2. The monoisotopic (exact) mass is 312 g/mol. The summed E-state index contributed by atoms with van der Waals surface area (Å²) in [5.74, 6) is 0. The molecule has 0 amide bonds. The van der Waals surface area contributed by atoms with E-state index in [0.29, 0.717) is 39.6 Å². The molecular weight excluding hydrogens is 300 g/mol. The first-order chi connectivity index (χ1) is 10.5. The van der Waals surface area contributed by atoms with Crippen molar-refractivity contribution in [3.63, 3.8) is 0 Å². The first-order valence-electron chi connectivity index (χ1n) is 6.77. The summed E-state index contributed by atoms with van der Waals surface area (Å²) in [5.41, 5.74) is 3.23. The number of halogens is 1. The number of aryl methyl sites for hydroxylation is 2. The van der Waals surface area contributed by atoms with Crippen molar-refractivity contribution in [2.24, 2.45) is 0 Å². The zero-order valence-corrected chi connectivity index (χ0v) is 12.9. The van der Waals surface area contributed by atoms with Crippen molar-refractivity contribution >= 4 is 17.2 Å². The van der Waals surface area contributed by atoms with Gasteiger partial charge in [0.05, 0.1) is 5.69 Å². The lowest BCUT2D eigenvalue weighted by molar-refractivity contribution is 0.847. The molecule has 0 fully saturated rings. The second-order valence-corrected chi connectivity index (χ2v) is 5.54. The van der Waals surface area contributed by atoms with Crippen LogP contribution in [0.2, 0.25) is 5.02 Å². The molecule has 3 aromatic rings. The van der Waals surface area contributed by atoms with Crippen molar-refractivity contribution in [3.8, 4) is 6.07 Å². The van der Waals surface area contributed by atoms with Crippen molar-refractivity contribution in [2.75, 3.05) is 0 Å². The Morgan fingerprint density at radius 3 is 2.77 bits per heavy atom. The fourth-order valence-electron chi connectivity index (χ4n) is 2.49. The number of benzene rings is 1. The van der Waals surface area contributed by atoms with Gasteiger partial charge in [-0.15, -0.1) is 0 Å². The van der Waals surface area contributed by atoms with Crippen LogP contribution in [0.1, 0.15) is 28.1 Å². The SMILES string of the molecule is Cc1nc2c(C#N)c(C)[nH]n2c(=O)c1Cc1ccccc1Cl. The summed E-state index contributed by atoms with van der Waals surface area (Å²) < 4.78 is 1.33. The third kappa shape index (κ3) is 2.18. The van der Waals surface area contributed by atoms with Gasteiger partial charge in [0.2, 0.25) is 0 Å². The van der Waals surface area contributed by atoms with E-state index in [4.69, 9.17) is 11.6 Å². The van der Waals surface area contributed by atoms with Crippen LogP contribution in [0.3, 0.4) is 0 Å². The van der Waals surface area contributed by atoms with E-state index in [1.807, 2.05) is 18.2 Å². The van der Waals surface area contributed by atoms with Crippen molar-refractivity contribution < 1.29 is 0 Å². The summed E-state index contributed by atoms with van der Waals surface area (Å²) in [6.45, 7) is 3.52. The number of fused-ring (bicyclic) bond motifs is 1. The molecule has 1 N–H and O–H groups in total. The topological polar surface area (TPSA) is 73.9 Å². The zero-order valence-electron chi connectivity index (χ0n) is 12.1. The largest absolute Gasteiger partial charge is 0.293 e. The van der Waals surface area contributed by atoms with Gasteiger partial charge >= 0.3 is 0 Å². The maximum absolute atomic E-state index is 12.7. The Kier molecular flexibility index (Phi) is 3.47. The van der Waals surface area contributed by atoms with Gasteiger partial charge < -0.3 is 0 Å².